The van der Waals surface area contributed by atoms with Crippen LogP contribution < -0.4 is 5.32 Å². The van der Waals surface area contributed by atoms with Gasteiger partial charge in [0.25, 0.3) is 0 Å². The predicted octanol–water partition coefficient (Wildman–Crippen LogP) is 3.45. The first-order valence-electron chi connectivity index (χ1n) is 7.10. The summed E-state index contributed by atoms with van der Waals surface area (Å²) in [5, 5.41) is 3.81. The molecule has 1 aromatic heterocycles. The Morgan fingerprint density at radius 1 is 1.29 bits per heavy atom. The first-order chi connectivity index (χ1) is 10.2. The normalized spacial score (nSPS) is 12.4. The van der Waals surface area contributed by atoms with Gasteiger partial charge in [-0.15, -0.1) is 0 Å². The molecule has 1 atom stereocenters. The van der Waals surface area contributed by atoms with E-state index in [2.05, 4.69) is 58.4 Å². The van der Waals surface area contributed by atoms with Crippen molar-refractivity contribution in [1.82, 2.24) is 14.9 Å². The van der Waals surface area contributed by atoms with E-state index in [4.69, 9.17) is 11.6 Å². The first-order valence-corrected chi connectivity index (χ1v) is 7.48. The lowest BCUT2D eigenvalue weighted by Crippen LogP contribution is -2.30. The Morgan fingerprint density at radius 2 is 2.05 bits per heavy atom. The fourth-order valence-electron chi connectivity index (χ4n) is 2.09. The van der Waals surface area contributed by atoms with Gasteiger partial charge in [0.05, 0.1) is 6.20 Å². The molecule has 0 aliphatic carbocycles. The Bertz CT molecular complexity index is 547. The molecule has 0 amide bonds. The fourth-order valence-corrected chi connectivity index (χ4v) is 2.26. The van der Waals surface area contributed by atoms with Gasteiger partial charge in [0.1, 0.15) is 17.2 Å². The fraction of sp³-hybridized carbons (Fsp3) is 0.375. The molecule has 0 bridgehead atoms. The van der Waals surface area contributed by atoms with Gasteiger partial charge in [0.2, 0.25) is 0 Å². The second-order valence-corrected chi connectivity index (χ2v) is 5.59. The zero-order valence-corrected chi connectivity index (χ0v) is 13.2. The summed E-state index contributed by atoms with van der Waals surface area (Å²) in [6, 6.07) is 11.0. The second-order valence-electron chi connectivity index (χ2n) is 5.18. The summed E-state index contributed by atoms with van der Waals surface area (Å²) in [4.78, 5) is 10.3. The minimum Gasteiger partial charge on any atom is -0.369 e. The van der Waals surface area contributed by atoms with Crippen LogP contribution in [0.2, 0.25) is 5.02 Å². The Labute approximate surface area is 131 Å². The summed E-state index contributed by atoms with van der Waals surface area (Å²) in [5.41, 5.74) is 1.33. The maximum absolute atomic E-state index is 6.01. The largest absolute Gasteiger partial charge is 0.369 e. The number of anilines is 1. The Hall–Kier alpha value is -1.65. The average Bonchev–Trinajstić information content (AvgIpc) is 2.50. The molecule has 1 aromatic carbocycles. The first kappa shape index (κ1) is 15.7. The van der Waals surface area contributed by atoms with E-state index < -0.39 is 0 Å². The van der Waals surface area contributed by atoms with Crippen molar-refractivity contribution in [3.63, 3.8) is 0 Å². The van der Waals surface area contributed by atoms with E-state index in [9.17, 15) is 0 Å². The van der Waals surface area contributed by atoms with Gasteiger partial charge in [0, 0.05) is 19.1 Å². The number of benzene rings is 1. The average molecular weight is 305 g/mol. The van der Waals surface area contributed by atoms with E-state index in [1.54, 1.807) is 6.20 Å². The molecule has 1 N–H and O–H groups in total. The van der Waals surface area contributed by atoms with Crippen LogP contribution in [0.5, 0.6) is 0 Å². The molecule has 0 fully saturated rings. The third-order valence-corrected chi connectivity index (χ3v) is 3.83. The maximum Gasteiger partial charge on any atom is 0.148 e. The van der Waals surface area contributed by atoms with Crippen molar-refractivity contribution in [3.8, 4) is 0 Å². The van der Waals surface area contributed by atoms with Gasteiger partial charge < -0.3 is 5.32 Å². The van der Waals surface area contributed by atoms with Crippen LogP contribution in [-0.2, 0) is 6.54 Å². The van der Waals surface area contributed by atoms with Crippen molar-refractivity contribution in [2.45, 2.75) is 25.9 Å². The number of halogens is 1. The molecule has 21 heavy (non-hydrogen) atoms. The minimum absolute atomic E-state index is 0.471. The van der Waals surface area contributed by atoms with Gasteiger partial charge in [-0.05, 0) is 26.0 Å². The van der Waals surface area contributed by atoms with Gasteiger partial charge >= 0.3 is 0 Å². The van der Waals surface area contributed by atoms with E-state index in [1.165, 1.54) is 11.9 Å². The molecule has 2 aromatic rings. The van der Waals surface area contributed by atoms with Crippen molar-refractivity contribution in [1.29, 1.82) is 0 Å². The lowest BCUT2D eigenvalue weighted by Gasteiger charge is -2.25. The predicted molar refractivity (Wildman–Crippen MR) is 87.5 cm³/mol. The zero-order valence-electron chi connectivity index (χ0n) is 12.5. The molecule has 0 radical (unpaired) electrons. The highest BCUT2D eigenvalue weighted by atomic mass is 35.5. The molecule has 0 spiro atoms. The summed E-state index contributed by atoms with van der Waals surface area (Å²) in [6.07, 6.45) is 4.12. The lowest BCUT2D eigenvalue weighted by atomic mass is 10.1. The van der Waals surface area contributed by atoms with Gasteiger partial charge in [-0.2, -0.15) is 0 Å². The van der Waals surface area contributed by atoms with Crippen LogP contribution in [0.25, 0.3) is 0 Å². The maximum atomic E-state index is 6.01. The Morgan fingerprint density at radius 3 is 2.76 bits per heavy atom. The lowest BCUT2D eigenvalue weighted by molar-refractivity contribution is 0.242. The second kappa shape index (κ2) is 7.96. The molecule has 1 heterocycles. The van der Waals surface area contributed by atoms with Crippen LogP contribution in [0.1, 0.15) is 18.9 Å². The summed E-state index contributed by atoms with van der Waals surface area (Å²) in [5.74, 6) is 0.699. The molecular formula is C16H21ClN4. The number of rotatable bonds is 7. The number of hydrogen-bond acceptors (Lipinski definition) is 4. The molecule has 5 heteroatoms. The Kier molecular flexibility index (Phi) is 5.96. The van der Waals surface area contributed by atoms with E-state index in [1.807, 2.05) is 6.07 Å². The van der Waals surface area contributed by atoms with Crippen LogP contribution >= 0.6 is 11.6 Å². The standard InChI is InChI=1S/C16H21ClN4/c1-13(21(2)11-14-6-4-3-5-7-14)8-9-19-16-15(17)10-18-12-20-16/h3-7,10,12-13H,8-9,11H2,1-2H3,(H,18,19,20). The van der Waals surface area contributed by atoms with Crippen LogP contribution in [0.4, 0.5) is 5.82 Å². The molecule has 112 valence electrons. The molecule has 0 saturated carbocycles. The van der Waals surface area contributed by atoms with Gasteiger partial charge in [-0.3, -0.25) is 4.90 Å². The third-order valence-electron chi connectivity index (χ3n) is 3.55. The van der Waals surface area contributed by atoms with Crippen LogP contribution in [0.3, 0.4) is 0 Å². The van der Waals surface area contributed by atoms with E-state index >= 15 is 0 Å². The summed E-state index contributed by atoms with van der Waals surface area (Å²) in [6.45, 7) is 4.01. The monoisotopic (exact) mass is 304 g/mol. The quantitative estimate of drug-likeness (QED) is 0.850. The highest BCUT2D eigenvalue weighted by Gasteiger charge is 2.10. The van der Waals surface area contributed by atoms with E-state index in [-0.39, 0.29) is 0 Å². The van der Waals surface area contributed by atoms with Crippen LogP contribution in [0.15, 0.2) is 42.9 Å². The molecule has 0 saturated heterocycles. The highest BCUT2D eigenvalue weighted by Crippen LogP contribution is 2.16. The van der Waals surface area contributed by atoms with Crippen molar-refractivity contribution in [3.05, 3.63) is 53.4 Å². The molecule has 0 aliphatic rings. The third kappa shape index (κ3) is 4.99. The minimum atomic E-state index is 0.471. The molecule has 0 aliphatic heterocycles. The van der Waals surface area contributed by atoms with Crippen LogP contribution in [-0.4, -0.2) is 34.5 Å². The zero-order chi connectivity index (χ0) is 15.1. The highest BCUT2D eigenvalue weighted by molar-refractivity contribution is 6.32. The van der Waals surface area contributed by atoms with Crippen molar-refractivity contribution in [2.75, 3.05) is 18.9 Å². The van der Waals surface area contributed by atoms with Crippen molar-refractivity contribution in [2.24, 2.45) is 0 Å². The summed E-state index contributed by atoms with van der Waals surface area (Å²) >= 11 is 6.01. The van der Waals surface area contributed by atoms with E-state index in [0.29, 0.717) is 16.9 Å². The number of nitrogens with zero attached hydrogens (tertiary/aromatic N) is 3. The van der Waals surface area contributed by atoms with Crippen molar-refractivity contribution >= 4 is 17.4 Å². The number of hydrogen-bond donors (Lipinski definition) is 1. The summed E-state index contributed by atoms with van der Waals surface area (Å²) < 4.78 is 0. The summed E-state index contributed by atoms with van der Waals surface area (Å²) in [7, 11) is 2.15. The smallest absolute Gasteiger partial charge is 0.148 e. The molecular weight excluding hydrogens is 284 g/mol. The SMILES string of the molecule is CC(CCNc1ncncc1Cl)N(C)Cc1ccccc1. The molecule has 4 nitrogen and oxygen atoms in total. The Balaban J connectivity index is 1.76. The van der Waals surface area contributed by atoms with Crippen LogP contribution in [0, 0.1) is 0 Å². The topological polar surface area (TPSA) is 41.1 Å². The molecule has 1 unspecified atom stereocenters. The van der Waals surface area contributed by atoms with E-state index in [0.717, 1.165) is 19.5 Å². The van der Waals surface area contributed by atoms with Gasteiger partial charge in [-0.25, -0.2) is 9.97 Å². The van der Waals surface area contributed by atoms with Gasteiger partial charge in [0.15, 0.2) is 0 Å². The van der Waals surface area contributed by atoms with Gasteiger partial charge in [-0.1, -0.05) is 41.9 Å². The number of aromatic nitrogens is 2. The number of nitrogens with one attached hydrogen (secondary N) is 1. The van der Waals surface area contributed by atoms with Crippen molar-refractivity contribution < 1.29 is 0 Å². The molecule has 2 rings (SSSR count).